The number of nitrogens with one attached hydrogen (secondary N) is 1. The van der Waals surface area contributed by atoms with Crippen molar-refractivity contribution in [1.82, 2.24) is 9.97 Å². The molecule has 4 aromatic rings. The van der Waals surface area contributed by atoms with Gasteiger partial charge in [0.15, 0.2) is 0 Å². The van der Waals surface area contributed by atoms with Crippen molar-refractivity contribution in [3.8, 4) is 22.5 Å². The molecular weight excluding hydrogens is 318 g/mol. The molecule has 0 aliphatic carbocycles. The number of rotatable bonds is 4. The molecule has 0 amide bonds. The van der Waals surface area contributed by atoms with Gasteiger partial charge in [0, 0.05) is 16.8 Å². The fourth-order valence-electron chi connectivity index (χ4n) is 2.78. The quantitative estimate of drug-likeness (QED) is 0.506. The number of nitrogens with zero attached hydrogens (tertiary/aromatic N) is 2. The van der Waals surface area contributed by atoms with Crippen LogP contribution < -0.4 is 5.32 Å². The number of para-hydroxylation sites is 1. The zero-order valence-corrected chi connectivity index (χ0v) is 14.6. The summed E-state index contributed by atoms with van der Waals surface area (Å²) in [5.41, 5.74) is 6.14. The van der Waals surface area contributed by atoms with Crippen LogP contribution in [0.1, 0.15) is 5.56 Å². The first kappa shape index (κ1) is 16.0. The summed E-state index contributed by atoms with van der Waals surface area (Å²) < 4.78 is 0. The van der Waals surface area contributed by atoms with E-state index >= 15 is 0 Å². The normalized spacial score (nSPS) is 10.5. The molecule has 3 heteroatoms. The molecule has 4 rings (SSSR count). The fraction of sp³-hybridized carbons (Fsp3) is 0.0435. The third-order valence-corrected chi connectivity index (χ3v) is 4.17. The number of hydrogen-bond acceptors (Lipinski definition) is 3. The summed E-state index contributed by atoms with van der Waals surface area (Å²) in [4.78, 5) is 9.45. The molecule has 26 heavy (non-hydrogen) atoms. The Labute approximate surface area is 153 Å². The van der Waals surface area contributed by atoms with E-state index in [-0.39, 0.29) is 0 Å². The van der Waals surface area contributed by atoms with Crippen molar-refractivity contribution >= 4 is 11.6 Å². The number of benzene rings is 3. The second-order valence-corrected chi connectivity index (χ2v) is 6.19. The van der Waals surface area contributed by atoms with Gasteiger partial charge in [-0.05, 0) is 25.1 Å². The van der Waals surface area contributed by atoms with Gasteiger partial charge in [-0.2, -0.15) is 0 Å². The number of aromatic nitrogens is 2. The Kier molecular flexibility index (Phi) is 4.44. The summed E-state index contributed by atoms with van der Waals surface area (Å²) in [5.74, 6) is 0.591. The molecule has 3 aromatic carbocycles. The first-order valence-electron chi connectivity index (χ1n) is 8.61. The molecule has 0 bridgehead atoms. The van der Waals surface area contributed by atoms with Crippen LogP contribution in [0.3, 0.4) is 0 Å². The van der Waals surface area contributed by atoms with Crippen LogP contribution in [0.2, 0.25) is 0 Å². The van der Waals surface area contributed by atoms with E-state index in [1.165, 1.54) is 5.56 Å². The highest BCUT2D eigenvalue weighted by atomic mass is 15.1. The van der Waals surface area contributed by atoms with Crippen LogP contribution in [0, 0.1) is 6.92 Å². The largest absolute Gasteiger partial charge is 0.324 e. The number of hydrogen-bond donors (Lipinski definition) is 1. The van der Waals surface area contributed by atoms with Gasteiger partial charge in [-0.25, -0.2) is 9.97 Å². The minimum absolute atomic E-state index is 0.591. The molecule has 1 aromatic heterocycles. The van der Waals surface area contributed by atoms with Gasteiger partial charge in [-0.15, -0.1) is 0 Å². The van der Waals surface area contributed by atoms with Crippen LogP contribution in [0.15, 0.2) is 91.0 Å². The Hall–Kier alpha value is -3.46. The van der Waals surface area contributed by atoms with Gasteiger partial charge in [-0.1, -0.05) is 78.4 Å². The van der Waals surface area contributed by atoms with E-state index in [4.69, 9.17) is 9.97 Å². The topological polar surface area (TPSA) is 37.8 Å². The summed E-state index contributed by atoms with van der Waals surface area (Å²) >= 11 is 0. The summed E-state index contributed by atoms with van der Waals surface area (Å²) in [7, 11) is 0. The molecule has 1 heterocycles. The number of anilines is 2. The summed E-state index contributed by atoms with van der Waals surface area (Å²) in [6, 6.07) is 30.6. The second-order valence-electron chi connectivity index (χ2n) is 6.19. The molecule has 0 unspecified atom stereocenters. The summed E-state index contributed by atoms with van der Waals surface area (Å²) in [6.07, 6.45) is 0. The Morgan fingerprint density at radius 1 is 0.615 bits per heavy atom. The Morgan fingerprint density at radius 2 is 1.15 bits per heavy atom. The van der Waals surface area contributed by atoms with Gasteiger partial charge in [0.2, 0.25) is 5.95 Å². The standard InChI is InChI=1S/C23H19N3/c1-17-12-14-19(15-13-17)22-16-21(18-8-4-2-5-9-18)25-23(26-22)24-20-10-6-3-7-11-20/h2-16H,1H3,(H,24,25,26). The third-order valence-electron chi connectivity index (χ3n) is 4.17. The van der Waals surface area contributed by atoms with Crippen molar-refractivity contribution in [2.75, 3.05) is 5.32 Å². The minimum atomic E-state index is 0.591. The van der Waals surface area contributed by atoms with Gasteiger partial charge in [0.25, 0.3) is 0 Å². The Balaban J connectivity index is 1.80. The number of aryl methyl sites for hydroxylation is 1. The van der Waals surface area contributed by atoms with Gasteiger partial charge >= 0.3 is 0 Å². The average Bonchev–Trinajstić information content (AvgIpc) is 2.70. The third kappa shape index (κ3) is 3.62. The van der Waals surface area contributed by atoms with Crippen molar-refractivity contribution in [2.45, 2.75) is 6.92 Å². The maximum atomic E-state index is 4.73. The molecule has 0 atom stereocenters. The average molecular weight is 337 g/mol. The zero-order valence-electron chi connectivity index (χ0n) is 14.6. The Bertz CT molecular complexity index is 995. The molecule has 0 aliphatic rings. The van der Waals surface area contributed by atoms with E-state index in [1.54, 1.807) is 0 Å². The van der Waals surface area contributed by atoms with Crippen LogP contribution in [0.25, 0.3) is 22.5 Å². The van der Waals surface area contributed by atoms with Crippen LogP contribution in [0.4, 0.5) is 11.6 Å². The molecule has 0 spiro atoms. The first-order valence-corrected chi connectivity index (χ1v) is 8.61. The van der Waals surface area contributed by atoms with Crippen LogP contribution in [0.5, 0.6) is 0 Å². The Morgan fingerprint density at radius 3 is 1.77 bits per heavy atom. The molecule has 1 N–H and O–H groups in total. The van der Waals surface area contributed by atoms with Crippen molar-refractivity contribution < 1.29 is 0 Å². The van der Waals surface area contributed by atoms with Crippen molar-refractivity contribution in [1.29, 1.82) is 0 Å². The molecule has 0 aliphatic heterocycles. The van der Waals surface area contributed by atoms with Crippen LogP contribution in [-0.2, 0) is 0 Å². The van der Waals surface area contributed by atoms with Crippen LogP contribution >= 0.6 is 0 Å². The molecule has 0 fully saturated rings. The van der Waals surface area contributed by atoms with Gasteiger partial charge in [0.05, 0.1) is 11.4 Å². The van der Waals surface area contributed by atoms with E-state index in [2.05, 4.69) is 48.6 Å². The molecule has 0 saturated carbocycles. The van der Waals surface area contributed by atoms with Gasteiger partial charge in [-0.3, -0.25) is 0 Å². The van der Waals surface area contributed by atoms with E-state index in [9.17, 15) is 0 Å². The predicted molar refractivity (Wildman–Crippen MR) is 107 cm³/mol. The molecule has 126 valence electrons. The molecule has 3 nitrogen and oxygen atoms in total. The highest BCUT2D eigenvalue weighted by Crippen LogP contribution is 2.26. The van der Waals surface area contributed by atoms with E-state index < -0.39 is 0 Å². The summed E-state index contributed by atoms with van der Waals surface area (Å²) in [5, 5.41) is 3.31. The van der Waals surface area contributed by atoms with Gasteiger partial charge in [0.1, 0.15) is 0 Å². The maximum absolute atomic E-state index is 4.73. The van der Waals surface area contributed by atoms with Gasteiger partial charge < -0.3 is 5.32 Å². The minimum Gasteiger partial charge on any atom is -0.324 e. The van der Waals surface area contributed by atoms with Crippen molar-refractivity contribution in [3.05, 3.63) is 96.6 Å². The van der Waals surface area contributed by atoms with E-state index in [0.717, 1.165) is 28.2 Å². The highest BCUT2D eigenvalue weighted by Gasteiger charge is 2.09. The fourth-order valence-corrected chi connectivity index (χ4v) is 2.78. The van der Waals surface area contributed by atoms with Crippen LogP contribution in [-0.4, -0.2) is 9.97 Å². The highest BCUT2D eigenvalue weighted by molar-refractivity contribution is 5.70. The lowest BCUT2D eigenvalue weighted by atomic mass is 10.1. The smallest absolute Gasteiger partial charge is 0.228 e. The lowest BCUT2D eigenvalue weighted by Gasteiger charge is -2.10. The zero-order chi connectivity index (χ0) is 17.8. The molecular formula is C23H19N3. The molecule has 0 radical (unpaired) electrons. The van der Waals surface area contributed by atoms with Crippen molar-refractivity contribution in [3.63, 3.8) is 0 Å². The first-order chi connectivity index (χ1) is 12.8. The maximum Gasteiger partial charge on any atom is 0.228 e. The lowest BCUT2D eigenvalue weighted by molar-refractivity contribution is 1.17. The summed E-state index contributed by atoms with van der Waals surface area (Å²) in [6.45, 7) is 2.08. The van der Waals surface area contributed by atoms with E-state index in [0.29, 0.717) is 5.95 Å². The molecule has 0 saturated heterocycles. The second kappa shape index (κ2) is 7.19. The predicted octanol–water partition coefficient (Wildman–Crippen LogP) is 5.86. The SMILES string of the molecule is Cc1ccc(-c2cc(-c3ccccc3)nc(Nc3ccccc3)n2)cc1. The van der Waals surface area contributed by atoms with E-state index in [1.807, 2.05) is 54.6 Å². The van der Waals surface area contributed by atoms with Crippen molar-refractivity contribution in [2.24, 2.45) is 0 Å². The lowest BCUT2D eigenvalue weighted by Crippen LogP contribution is -2.00. The monoisotopic (exact) mass is 337 g/mol.